The normalized spacial score (nSPS) is 16.7. The van der Waals surface area contributed by atoms with E-state index in [-0.39, 0.29) is 11.8 Å². The van der Waals surface area contributed by atoms with Gasteiger partial charge in [0.25, 0.3) is 5.71 Å². The van der Waals surface area contributed by atoms with E-state index in [0.29, 0.717) is 29.4 Å². The standard InChI is InChI=1S/C20H23N5O4/c1-12-17-18(21-11-22-20(17)29-24-12)25-8-4-5-13(10-25)19(26)23-15-7-6-14(27-2)9-16(15)28-3/h6-7,9,11,13H,4-5,8,10H2,1-3H3,(H,23,26). The summed E-state index contributed by atoms with van der Waals surface area (Å²) in [6, 6.07) is 5.32. The molecule has 1 aromatic carbocycles. The maximum atomic E-state index is 13.0. The molecule has 1 aliphatic heterocycles. The number of anilines is 2. The van der Waals surface area contributed by atoms with E-state index in [9.17, 15) is 4.79 Å². The summed E-state index contributed by atoms with van der Waals surface area (Å²) in [5.74, 6) is 1.75. The van der Waals surface area contributed by atoms with Crippen LogP contribution in [0.1, 0.15) is 18.5 Å². The summed E-state index contributed by atoms with van der Waals surface area (Å²) in [6.45, 7) is 3.23. The van der Waals surface area contributed by atoms with Crippen molar-refractivity contribution in [1.82, 2.24) is 15.1 Å². The number of methoxy groups -OCH3 is 2. The van der Waals surface area contributed by atoms with E-state index in [2.05, 4.69) is 25.3 Å². The Kier molecular flexibility index (Phi) is 5.20. The smallest absolute Gasteiger partial charge is 0.263 e. The molecular formula is C20H23N5O4. The van der Waals surface area contributed by atoms with Gasteiger partial charge < -0.3 is 24.2 Å². The molecule has 1 fully saturated rings. The molecule has 1 aliphatic rings. The second-order valence-corrected chi connectivity index (χ2v) is 6.99. The van der Waals surface area contributed by atoms with E-state index in [4.69, 9.17) is 14.0 Å². The molecule has 1 saturated heterocycles. The number of carbonyl (C=O) groups is 1. The zero-order valence-corrected chi connectivity index (χ0v) is 16.6. The van der Waals surface area contributed by atoms with Crippen LogP contribution < -0.4 is 19.7 Å². The summed E-state index contributed by atoms with van der Waals surface area (Å²) in [5.41, 5.74) is 1.82. The van der Waals surface area contributed by atoms with Crippen LogP contribution in [0.3, 0.4) is 0 Å². The zero-order valence-electron chi connectivity index (χ0n) is 16.6. The molecule has 1 amide bonds. The zero-order chi connectivity index (χ0) is 20.4. The van der Waals surface area contributed by atoms with Gasteiger partial charge in [-0.05, 0) is 31.9 Å². The highest BCUT2D eigenvalue weighted by Crippen LogP contribution is 2.32. The highest BCUT2D eigenvalue weighted by atomic mass is 16.5. The first-order valence-electron chi connectivity index (χ1n) is 9.45. The fourth-order valence-electron chi connectivity index (χ4n) is 3.66. The molecule has 0 saturated carbocycles. The maximum absolute atomic E-state index is 13.0. The van der Waals surface area contributed by atoms with E-state index in [1.54, 1.807) is 32.4 Å². The van der Waals surface area contributed by atoms with Gasteiger partial charge in [-0.3, -0.25) is 4.79 Å². The molecule has 9 nitrogen and oxygen atoms in total. The van der Waals surface area contributed by atoms with Crippen molar-refractivity contribution in [2.45, 2.75) is 19.8 Å². The second kappa shape index (κ2) is 7.94. The Morgan fingerprint density at radius 2 is 2.14 bits per heavy atom. The van der Waals surface area contributed by atoms with Gasteiger partial charge in [0.15, 0.2) is 0 Å². The van der Waals surface area contributed by atoms with Crippen molar-refractivity contribution in [3.63, 3.8) is 0 Å². The molecule has 3 heterocycles. The Balaban J connectivity index is 1.53. The SMILES string of the molecule is COc1ccc(NC(=O)C2CCCN(c3ncnc4onc(C)c34)C2)c(OC)c1. The third-order valence-electron chi connectivity index (χ3n) is 5.18. The third kappa shape index (κ3) is 3.67. The summed E-state index contributed by atoms with van der Waals surface area (Å²) in [6.07, 6.45) is 3.15. The average Bonchev–Trinajstić information content (AvgIpc) is 3.15. The van der Waals surface area contributed by atoms with Gasteiger partial charge in [-0.2, -0.15) is 4.98 Å². The summed E-state index contributed by atoms with van der Waals surface area (Å²) in [5, 5.41) is 7.77. The lowest BCUT2D eigenvalue weighted by molar-refractivity contribution is -0.120. The minimum absolute atomic E-state index is 0.0505. The molecule has 0 bridgehead atoms. The van der Waals surface area contributed by atoms with Crippen molar-refractivity contribution >= 4 is 28.5 Å². The second-order valence-electron chi connectivity index (χ2n) is 6.99. The predicted molar refractivity (Wildman–Crippen MR) is 107 cm³/mol. The number of piperidine rings is 1. The monoisotopic (exact) mass is 397 g/mol. The Morgan fingerprint density at radius 1 is 1.28 bits per heavy atom. The van der Waals surface area contributed by atoms with Gasteiger partial charge in [-0.1, -0.05) is 5.16 Å². The minimum Gasteiger partial charge on any atom is -0.497 e. The third-order valence-corrected chi connectivity index (χ3v) is 5.18. The molecule has 0 radical (unpaired) electrons. The number of amides is 1. The van der Waals surface area contributed by atoms with Crippen molar-refractivity contribution in [3.05, 3.63) is 30.2 Å². The van der Waals surface area contributed by atoms with Crippen LogP contribution in [0.5, 0.6) is 11.5 Å². The quantitative estimate of drug-likeness (QED) is 0.701. The molecular weight excluding hydrogens is 374 g/mol. The average molecular weight is 397 g/mol. The molecule has 9 heteroatoms. The van der Waals surface area contributed by atoms with Crippen LogP contribution in [0.2, 0.25) is 0 Å². The molecule has 1 unspecified atom stereocenters. The van der Waals surface area contributed by atoms with Crippen LogP contribution in [-0.2, 0) is 4.79 Å². The number of nitrogens with one attached hydrogen (secondary N) is 1. The highest BCUT2D eigenvalue weighted by molar-refractivity contribution is 5.95. The van der Waals surface area contributed by atoms with Crippen LogP contribution in [0.4, 0.5) is 11.5 Å². The van der Waals surface area contributed by atoms with Crippen molar-refractivity contribution in [2.75, 3.05) is 37.5 Å². The van der Waals surface area contributed by atoms with Crippen molar-refractivity contribution < 1.29 is 18.8 Å². The number of benzene rings is 1. The number of nitrogens with zero attached hydrogens (tertiary/aromatic N) is 4. The summed E-state index contributed by atoms with van der Waals surface area (Å²) in [7, 11) is 3.15. The van der Waals surface area contributed by atoms with Gasteiger partial charge in [0.1, 0.15) is 29.0 Å². The number of hydrogen-bond acceptors (Lipinski definition) is 8. The number of ether oxygens (including phenoxy) is 2. The van der Waals surface area contributed by atoms with E-state index < -0.39 is 0 Å². The first-order chi connectivity index (χ1) is 14.1. The molecule has 2 aromatic heterocycles. The topological polar surface area (TPSA) is 103 Å². The van der Waals surface area contributed by atoms with Crippen LogP contribution in [0, 0.1) is 12.8 Å². The number of rotatable bonds is 5. The van der Waals surface area contributed by atoms with Gasteiger partial charge in [0.2, 0.25) is 5.91 Å². The Morgan fingerprint density at radius 3 is 2.93 bits per heavy atom. The summed E-state index contributed by atoms with van der Waals surface area (Å²) < 4.78 is 15.8. The number of aryl methyl sites for hydroxylation is 1. The predicted octanol–water partition coefficient (Wildman–Crippen LogP) is 2.80. The van der Waals surface area contributed by atoms with E-state index >= 15 is 0 Å². The first kappa shape index (κ1) is 19.0. The molecule has 29 heavy (non-hydrogen) atoms. The van der Waals surface area contributed by atoms with Crippen LogP contribution in [-0.4, -0.2) is 48.3 Å². The number of fused-ring (bicyclic) bond motifs is 1. The Bertz CT molecular complexity index is 1030. The fraction of sp³-hybridized carbons (Fsp3) is 0.400. The number of hydrogen-bond donors (Lipinski definition) is 1. The maximum Gasteiger partial charge on any atom is 0.263 e. The molecule has 152 valence electrons. The van der Waals surface area contributed by atoms with E-state index in [1.807, 2.05) is 6.92 Å². The van der Waals surface area contributed by atoms with Crippen molar-refractivity contribution in [3.8, 4) is 11.5 Å². The number of carbonyl (C=O) groups excluding carboxylic acids is 1. The van der Waals surface area contributed by atoms with Crippen LogP contribution >= 0.6 is 0 Å². The van der Waals surface area contributed by atoms with Gasteiger partial charge in [0.05, 0.1) is 31.5 Å². The largest absolute Gasteiger partial charge is 0.497 e. The lowest BCUT2D eigenvalue weighted by atomic mass is 9.96. The Labute approximate surface area is 168 Å². The van der Waals surface area contributed by atoms with E-state index in [0.717, 1.165) is 36.3 Å². The van der Waals surface area contributed by atoms with Crippen molar-refractivity contribution in [2.24, 2.45) is 5.92 Å². The Hall–Kier alpha value is -3.36. The number of aromatic nitrogens is 3. The summed E-state index contributed by atoms with van der Waals surface area (Å²) >= 11 is 0. The molecule has 3 aromatic rings. The lowest BCUT2D eigenvalue weighted by Gasteiger charge is -2.33. The molecule has 1 atom stereocenters. The minimum atomic E-state index is -0.180. The molecule has 0 spiro atoms. The lowest BCUT2D eigenvalue weighted by Crippen LogP contribution is -2.41. The van der Waals surface area contributed by atoms with Gasteiger partial charge >= 0.3 is 0 Å². The van der Waals surface area contributed by atoms with Gasteiger partial charge in [0, 0.05) is 19.2 Å². The van der Waals surface area contributed by atoms with Crippen molar-refractivity contribution in [1.29, 1.82) is 0 Å². The van der Waals surface area contributed by atoms with Gasteiger partial charge in [-0.15, -0.1) is 0 Å². The molecule has 4 rings (SSSR count). The first-order valence-corrected chi connectivity index (χ1v) is 9.45. The molecule has 0 aliphatic carbocycles. The molecule has 1 N–H and O–H groups in total. The van der Waals surface area contributed by atoms with Crippen LogP contribution in [0.15, 0.2) is 29.0 Å². The van der Waals surface area contributed by atoms with Crippen LogP contribution in [0.25, 0.3) is 11.1 Å². The highest BCUT2D eigenvalue weighted by Gasteiger charge is 2.29. The van der Waals surface area contributed by atoms with Gasteiger partial charge in [-0.25, -0.2) is 4.98 Å². The summed E-state index contributed by atoms with van der Waals surface area (Å²) in [4.78, 5) is 23.6. The fourth-order valence-corrected chi connectivity index (χ4v) is 3.66. The van der Waals surface area contributed by atoms with E-state index in [1.165, 1.54) is 6.33 Å².